The summed E-state index contributed by atoms with van der Waals surface area (Å²) in [7, 11) is 0. The number of nitrogens with zero attached hydrogens (tertiary/aromatic N) is 5. The van der Waals surface area contributed by atoms with Gasteiger partial charge in [-0.2, -0.15) is 0 Å². The molecule has 16 rings (SSSR count). The lowest BCUT2D eigenvalue weighted by Crippen LogP contribution is -2.49. The number of hydrogen-bond acceptors (Lipinski definition) is 19. The molecule has 1 saturated heterocycles. The number of nitrogens with one attached hydrogen (secondary N) is 1. The van der Waals surface area contributed by atoms with E-state index >= 15 is 0 Å². The number of ketones is 1. The normalized spacial score (nSPS) is 15.3. The van der Waals surface area contributed by atoms with E-state index < -0.39 is 59.4 Å². The first-order valence-corrected chi connectivity index (χ1v) is 34.5. The zero-order valence-electron chi connectivity index (χ0n) is 57.2. The summed E-state index contributed by atoms with van der Waals surface area (Å²) in [6.07, 6.45) is 3.41. The van der Waals surface area contributed by atoms with Crippen LogP contribution in [0.5, 0.6) is 5.75 Å². The SMILES string of the molecule is CCOC(=O)C(=O)c1ccc2cc(F)ccc2c1CON1C(=O)c2ccccc2C1=O.CCOC(=O)C1=NOCc2c1ccc1cc(F)ccc21.O=C(N[C@H](CN1CCCC1)[C@H](O)c1ccc(OC2CC2)c(Cl)c1)C1=NOCc2c1ccc1cc(F)ccc21.O=C(O)C1=NOCc2c1ccc1cc(F)ccc21. The van der Waals surface area contributed by atoms with Crippen LogP contribution in [0.4, 0.5) is 17.6 Å². The highest BCUT2D eigenvalue weighted by Crippen LogP contribution is 2.37. The molecular weight excluding hydrogens is 1410 g/mol. The van der Waals surface area contributed by atoms with E-state index in [2.05, 4.69) is 25.7 Å². The number of oxime groups is 3. The molecule has 27 heteroatoms. The lowest BCUT2D eigenvalue weighted by atomic mass is 9.95. The van der Waals surface area contributed by atoms with Gasteiger partial charge in [-0.3, -0.25) is 24.0 Å². The third-order valence-electron chi connectivity index (χ3n) is 18.4. The van der Waals surface area contributed by atoms with E-state index in [9.17, 15) is 56.2 Å². The van der Waals surface area contributed by atoms with Crippen molar-refractivity contribution in [3.8, 4) is 5.75 Å². The summed E-state index contributed by atoms with van der Waals surface area (Å²) >= 11 is 6.47. The molecule has 0 spiro atoms. The molecule has 3 N–H and O–H groups in total. The van der Waals surface area contributed by atoms with Crippen molar-refractivity contribution in [2.75, 3.05) is 32.8 Å². The first-order valence-electron chi connectivity index (χ1n) is 34.1. The van der Waals surface area contributed by atoms with Gasteiger partial charge in [-0.05, 0) is 186 Å². The van der Waals surface area contributed by atoms with Crippen molar-refractivity contribution in [2.24, 2.45) is 15.5 Å². The highest BCUT2D eigenvalue weighted by Gasteiger charge is 2.38. The molecule has 0 bridgehead atoms. The fourth-order valence-electron chi connectivity index (χ4n) is 13.1. The molecule has 107 heavy (non-hydrogen) atoms. The maximum Gasteiger partial charge on any atom is 0.379 e. The lowest BCUT2D eigenvalue weighted by Gasteiger charge is -2.29. The zero-order chi connectivity index (χ0) is 75.2. The third-order valence-corrected chi connectivity index (χ3v) is 18.7. The Morgan fingerprint density at radius 3 is 1.56 bits per heavy atom. The Hall–Kier alpha value is -12.0. The van der Waals surface area contributed by atoms with Crippen molar-refractivity contribution in [3.05, 3.63) is 253 Å². The number of fused-ring (bicyclic) bond motifs is 11. The second kappa shape index (κ2) is 32.2. The van der Waals surface area contributed by atoms with Gasteiger partial charge in [0, 0.05) is 45.5 Å². The van der Waals surface area contributed by atoms with E-state index in [0.717, 1.165) is 82.4 Å². The summed E-state index contributed by atoms with van der Waals surface area (Å²) in [5, 5.41) is 41.4. The lowest BCUT2D eigenvalue weighted by molar-refractivity contribution is -0.137. The minimum absolute atomic E-state index is 0.0181. The number of amides is 3. The number of aliphatic carboxylic acids is 1. The number of rotatable bonds is 17. The van der Waals surface area contributed by atoms with Gasteiger partial charge in [-0.25, -0.2) is 31.9 Å². The van der Waals surface area contributed by atoms with Gasteiger partial charge in [-0.15, -0.1) is 5.06 Å². The molecule has 6 aliphatic rings. The summed E-state index contributed by atoms with van der Waals surface area (Å²) in [6, 6.07) is 41.5. The third kappa shape index (κ3) is 16.0. The number of aliphatic hydroxyl groups excluding tert-OH is 1. The van der Waals surface area contributed by atoms with Gasteiger partial charge in [0.15, 0.2) is 17.1 Å². The first kappa shape index (κ1) is 73.3. The Morgan fingerprint density at radius 2 is 1.06 bits per heavy atom. The van der Waals surface area contributed by atoms with Crippen molar-refractivity contribution in [1.29, 1.82) is 0 Å². The number of benzene rings is 10. The Balaban J connectivity index is 0.000000132. The topological polar surface area (TPSA) is 280 Å². The van der Waals surface area contributed by atoms with Gasteiger partial charge in [0.05, 0.1) is 41.5 Å². The fourth-order valence-corrected chi connectivity index (χ4v) is 13.3. The number of esters is 2. The molecule has 2 atom stereocenters. The smallest absolute Gasteiger partial charge is 0.379 e. The van der Waals surface area contributed by atoms with Crippen LogP contribution in [0.1, 0.15) is 121 Å². The molecule has 0 unspecified atom stereocenters. The van der Waals surface area contributed by atoms with Crippen molar-refractivity contribution >= 4 is 113 Å². The van der Waals surface area contributed by atoms with Gasteiger partial charge in [0.1, 0.15) is 61.5 Å². The summed E-state index contributed by atoms with van der Waals surface area (Å²) in [4.78, 5) is 109. The summed E-state index contributed by atoms with van der Waals surface area (Å²) in [6.45, 7) is 6.12. The zero-order valence-corrected chi connectivity index (χ0v) is 58.0. The fraction of sp³-hybridized carbons (Fsp3) is 0.225. The van der Waals surface area contributed by atoms with Crippen LogP contribution in [0.2, 0.25) is 5.02 Å². The quantitative estimate of drug-likeness (QED) is 0.0251. The van der Waals surface area contributed by atoms with E-state index in [1.54, 1.807) is 98.8 Å². The van der Waals surface area contributed by atoms with E-state index in [4.69, 9.17) is 50.3 Å². The highest BCUT2D eigenvalue weighted by atomic mass is 35.5. The van der Waals surface area contributed by atoms with Crippen LogP contribution in [-0.2, 0) is 74.4 Å². The number of likely N-dealkylation sites (tertiary alicyclic amines) is 1. The van der Waals surface area contributed by atoms with E-state index in [1.807, 2.05) is 0 Å². The van der Waals surface area contributed by atoms with Crippen LogP contribution in [0, 0.1) is 23.3 Å². The molecule has 5 heterocycles. The second-order valence-electron chi connectivity index (χ2n) is 25.3. The van der Waals surface area contributed by atoms with E-state index in [1.165, 1.54) is 78.9 Å². The van der Waals surface area contributed by atoms with Crippen LogP contribution < -0.4 is 10.1 Å². The summed E-state index contributed by atoms with van der Waals surface area (Å²) in [5.41, 5.74) is 5.51. The average molecular weight is 1480 g/mol. The molecule has 10 aromatic carbocycles. The molecule has 0 aromatic heterocycles. The van der Waals surface area contributed by atoms with Crippen LogP contribution in [0.15, 0.2) is 179 Å². The molecule has 546 valence electrons. The number of halogens is 5. The number of carboxylic acid groups (broad SMARTS) is 1. The Morgan fingerprint density at radius 1 is 0.579 bits per heavy atom. The number of hydroxylamine groups is 2. The maximum absolute atomic E-state index is 13.7. The Labute approximate surface area is 612 Å². The average Bonchev–Trinajstić information content (AvgIpc) is 0.812. The molecule has 3 amide bonds. The van der Waals surface area contributed by atoms with Gasteiger partial charge in [-0.1, -0.05) is 112 Å². The number of imide groups is 1. The molecular formula is C80H65ClF4N6O16. The van der Waals surface area contributed by atoms with Crippen molar-refractivity contribution in [2.45, 2.75) is 84.2 Å². The number of ether oxygens (including phenoxy) is 3. The molecule has 2 fully saturated rings. The number of carbonyl (C=O) groups excluding carboxylic acids is 6. The van der Waals surface area contributed by atoms with Gasteiger partial charge in [0.25, 0.3) is 23.5 Å². The van der Waals surface area contributed by atoms with E-state index in [-0.39, 0.29) is 103 Å². The predicted molar refractivity (Wildman–Crippen MR) is 384 cm³/mol. The highest BCUT2D eigenvalue weighted by molar-refractivity contribution is 6.46. The maximum atomic E-state index is 13.7. The standard InChI is InChI=1S/C29H29ClFN3O4.C23H16FNO6.C15H12FNO3.C13H8FNO3/c30-24-14-18(4-10-26(24)38-20-6-7-20)28(35)25(15-34-11-1-2-12-34)32-29(36)27-22-8-3-17-13-19(31)5-9-21(17)23(22)16-37-33-27;1-2-30-23(29)20(26)16-9-7-13-11-14(24)8-10-15(13)19(16)12-31-25-21(27)17-5-3-4-6-18(17)22(25)28;1-2-19-15(18)14-12-5-3-9-7-10(16)4-6-11(9)13(12)8-20-17-14;14-8-2-4-9-7(5-8)1-3-10-11(9)6-18-15-12(10)13(16)17/h3-5,8-10,13-14,20,25,28,35H,1-2,6-7,11-12,15-16H2,(H,32,36);3-11H,2,12H2,1H3;3-7H,2,8H2,1H3;1-5H,6H2,(H,16,17)/t25-,28-;;;/m1.../s1. The van der Waals surface area contributed by atoms with Crippen LogP contribution >= 0.6 is 11.6 Å². The van der Waals surface area contributed by atoms with Crippen molar-refractivity contribution < 1.29 is 94.9 Å². The van der Waals surface area contributed by atoms with Gasteiger partial charge in [0.2, 0.25) is 0 Å². The largest absolute Gasteiger partial charge is 0.489 e. The molecule has 22 nitrogen and oxygen atoms in total. The number of hydrogen-bond donors (Lipinski definition) is 3. The van der Waals surface area contributed by atoms with Crippen molar-refractivity contribution in [1.82, 2.24) is 15.3 Å². The number of carboxylic acids is 1. The Kier molecular flexibility index (Phi) is 22.1. The second-order valence-corrected chi connectivity index (χ2v) is 25.7. The monoisotopic (exact) mass is 1480 g/mol. The number of aliphatic hydroxyl groups is 1. The van der Waals surface area contributed by atoms with Crippen LogP contribution in [0.25, 0.3) is 43.1 Å². The number of Topliss-reactive ketones (excluding diaryl/α,β-unsaturated/α-hetero) is 1. The van der Waals surface area contributed by atoms with Gasteiger partial charge < -0.3 is 49.2 Å². The van der Waals surface area contributed by atoms with Crippen LogP contribution in [0.3, 0.4) is 0 Å². The van der Waals surface area contributed by atoms with Crippen LogP contribution in [-0.4, -0.2) is 124 Å². The van der Waals surface area contributed by atoms with E-state index in [0.29, 0.717) is 60.8 Å². The summed E-state index contributed by atoms with van der Waals surface area (Å²) in [5.74, 6) is -6.17. The molecule has 5 aliphatic heterocycles. The summed E-state index contributed by atoms with van der Waals surface area (Å²) < 4.78 is 69.4. The van der Waals surface area contributed by atoms with Gasteiger partial charge >= 0.3 is 17.9 Å². The molecule has 10 aromatic rings. The molecule has 0 radical (unpaired) electrons. The Bertz CT molecular complexity index is 5320. The first-order chi connectivity index (χ1) is 51.7. The molecule has 1 saturated carbocycles. The minimum Gasteiger partial charge on any atom is -0.489 e. The van der Waals surface area contributed by atoms with Crippen molar-refractivity contribution in [3.63, 3.8) is 0 Å². The predicted octanol–water partition coefficient (Wildman–Crippen LogP) is 13.2. The molecule has 1 aliphatic carbocycles. The number of carbonyl (C=O) groups is 7. The minimum atomic E-state index is -1.14.